The smallest absolute Gasteiger partial charge is 0.331 e. The quantitative estimate of drug-likeness (QED) is 0.525. The zero-order valence-electron chi connectivity index (χ0n) is 14.3. The van der Waals surface area contributed by atoms with E-state index in [2.05, 4.69) is 17.1 Å². The van der Waals surface area contributed by atoms with E-state index >= 15 is 0 Å². The molecule has 2 aromatic rings. The molecule has 7 nitrogen and oxygen atoms in total. The molecular formula is C18H23N3O4. The molecule has 134 valence electrons. The van der Waals surface area contributed by atoms with Crippen molar-refractivity contribution in [1.82, 2.24) is 4.98 Å². The monoisotopic (exact) mass is 345 g/mol. The summed E-state index contributed by atoms with van der Waals surface area (Å²) in [4.78, 5) is 14.4. The van der Waals surface area contributed by atoms with Gasteiger partial charge in [0.25, 0.3) is 5.88 Å². The van der Waals surface area contributed by atoms with Crippen LogP contribution in [0.2, 0.25) is 0 Å². The van der Waals surface area contributed by atoms with Crippen molar-refractivity contribution in [2.24, 2.45) is 11.7 Å². The number of rotatable bonds is 10. The Morgan fingerprint density at radius 1 is 1.20 bits per heavy atom. The second-order valence-corrected chi connectivity index (χ2v) is 5.71. The van der Waals surface area contributed by atoms with Crippen LogP contribution in [-0.4, -0.2) is 30.2 Å². The Morgan fingerprint density at radius 3 is 2.60 bits per heavy atom. The predicted molar refractivity (Wildman–Crippen MR) is 94.9 cm³/mol. The molecule has 0 aliphatic heterocycles. The molecule has 1 unspecified atom stereocenters. The van der Waals surface area contributed by atoms with Crippen LogP contribution in [0, 0.1) is 16.0 Å². The van der Waals surface area contributed by atoms with E-state index in [1.54, 1.807) is 0 Å². The summed E-state index contributed by atoms with van der Waals surface area (Å²) in [7, 11) is 1.34. The largest absolute Gasteiger partial charge is 0.478 e. The van der Waals surface area contributed by atoms with Crippen LogP contribution < -0.4 is 15.2 Å². The highest BCUT2D eigenvalue weighted by molar-refractivity contribution is 5.42. The first-order valence-electron chi connectivity index (χ1n) is 8.20. The number of methoxy groups -OCH3 is 1. The fourth-order valence-electron chi connectivity index (χ4n) is 2.65. The van der Waals surface area contributed by atoms with E-state index in [9.17, 15) is 10.1 Å². The van der Waals surface area contributed by atoms with E-state index in [0.29, 0.717) is 24.9 Å². The van der Waals surface area contributed by atoms with Crippen molar-refractivity contribution in [2.75, 3.05) is 20.3 Å². The second-order valence-electron chi connectivity index (χ2n) is 5.71. The number of hydrogen-bond donors (Lipinski definition) is 1. The van der Waals surface area contributed by atoms with Crippen molar-refractivity contribution < 1.29 is 14.4 Å². The second kappa shape index (κ2) is 9.58. The zero-order chi connectivity index (χ0) is 18.1. The summed E-state index contributed by atoms with van der Waals surface area (Å²) < 4.78 is 10.6. The average molecular weight is 345 g/mol. The first-order chi connectivity index (χ1) is 12.1. The van der Waals surface area contributed by atoms with Gasteiger partial charge in [-0.15, -0.1) is 0 Å². The number of ether oxygens (including phenoxy) is 2. The first-order valence-corrected chi connectivity index (χ1v) is 8.20. The van der Waals surface area contributed by atoms with Crippen molar-refractivity contribution >= 4 is 5.69 Å². The maximum atomic E-state index is 10.9. The number of hydrogen-bond acceptors (Lipinski definition) is 6. The molecule has 0 amide bonds. The van der Waals surface area contributed by atoms with Gasteiger partial charge in [0.1, 0.15) is 0 Å². The molecule has 0 fully saturated rings. The zero-order valence-corrected chi connectivity index (χ0v) is 14.3. The molecule has 0 spiro atoms. The Bertz CT molecular complexity index is 679. The van der Waals surface area contributed by atoms with Crippen molar-refractivity contribution in [3.63, 3.8) is 0 Å². The van der Waals surface area contributed by atoms with Gasteiger partial charge in [0.2, 0.25) is 5.88 Å². The first kappa shape index (κ1) is 18.7. The molecule has 0 saturated heterocycles. The summed E-state index contributed by atoms with van der Waals surface area (Å²) in [5, 5.41) is 10.9. The normalized spacial score (nSPS) is 11.8. The molecule has 1 atom stereocenters. The summed E-state index contributed by atoms with van der Waals surface area (Å²) in [5.41, 5.74) is 6.81. The van der Waals surface area contributed by atoms with Crippen molar-refractivity contribution in [3.05, 3.63) is 58.1 Å². The van der Waals surface area contributed by atoms with Gasteiger partial charge in [-0.2, -0.15) is 4.98 Å². The molecule has 0 bridgehead atoms. The summed E-state index contributed by atoms with van der Waals surface area (Å²) >= 11 is 0. The number of pyridine rings is 1. The van der Waals surface area contributed by atoms with E-state index in [1.165, 1.54) is 24.8 Å². The van der Waals surface area contributed by atoms with Crippen LogP contribution in [0.5, 0.6) is 11.8 Å². The molecule has 1 aromatic carbocycles. The van der Waals surface area contributed by atoms with Gasteiger partial charge in [0, 0.05) is 12.1 Å². The maximum absolute atomic E-state index is 10.9. The fraction of sp³-hybridized carbons (Fsp3) is 0.389. The van der Waals surface area contributed by atoms with Gasteiger partial charge in [-0.1, -0.05) is 30.3 Å². The van der Waals surface area contributed by atoms with Crippen LogP contribution in [0.3, 0.4) is 0 Å². The minimum absolute atomic E-state index is 0.0507. The molecule has 0 saturated carbocycles. The lowest BCUT2D eigenvalue weighted by molar-refractivity contribution is -0.386. The Hall–Kier alpha value is -2.67. The van der Waals surface area contributed by atoms with Gasteiger partial charge in [-0.3, -0.25) is 10.1 Å². The number of aromatic nitrogens is 1. The molecule has 1 aromatic heterocycles. The minimum atomic E-state index is -0.535. The molecule has 2 N–H and O–H groups in total. The van der Waals surface area contributed by atoms with Crippen molar-refractivity contribution in [2.45, 2.75) is 19.3 Å². The van der Waals surface area contributed by atoms with Gasteiger partial charge in [-0.05, 0) is 37.3 Å². The molecular weight excluding hydrogens is 322 g/mol. The molecule has 0 radical (unpaired) electrons. The van der Waals surface area contributed by atoms with Crippen LogP contribution in [0.1, 0.15) is 18.4 Å². The Kier molecular flexibility index (Phi) is 7.16. The Morgan fingerprint density at radius 2 is 1.96 bits per heavy atom. The topological polar surface area (TPSA) is 101 Å². The highest BCUT2D eigenvalue weighted by Crippen LogP contribution is 2.27. The van der Waals surface area contributed by atoms with Crippen LogP contribution in [-0.2, 0) is 6.42 Å². The molecule has 2 rings (SSSR count). The lowest BCUT2D eigenvalue weighted by Gasteiger charge is -2.16. The summed E-state index contributed by atoms with van der Waals surface area (Å²) in [5.74, 6) is 0.672. The minimum Gasteiger partial charge on any atom is -0.478 e. The summed E-state index contributed by atoms with van der Waals surface area (Å²) in [6.45, 7) is 1.09. The van der Waals surface area contributed by atoms with E-state index in [0.717, 1.165) is 19.3 Å². The highest BCUT2D eigenvalue weighted by Gasteiger charge is 2.17. The lowest BCUT2D eigenvalue weighted by Crippen LogP contribution is -2.15. The number of nitro groups is 1. The lowest BCUT2D eigenvalue weighted by atomic mass is 9.93. The number of benzene rings is 1. The van der Waals surface area contributed by atoms with E-state index in [-0.39, 0.29) is 11.6 Å². The van der Waals surface area contributed by atoms with Gasteiger partial charge in [0.15, 0.2) is 0 Å². The molecule has 7 heteroatoms. The summed E-state index contributed by atoms with van der Waals surface area (Å²) in [6, 6.07) is 13.1. The standard InChI is InChI=1S/C18H23N3O4/c1-24-18-16(21(22)23)7-8-17(20-18)25-12-10-15(9-11-19)13-14-5-3-2-4-6-14/h2-8,15H,9-13,19H2,1H3. The molecule has 25 heavy (non-hydrogen) atoms. The number of nitrogens with zero attached hydrogens (tertiary/aromatic N) is 2. The van der Waals surface area contributed by atoms with Crippen LogP contribution in [0.4, 0.5) is 5.69 Å². The van der Waals surface area contributed by atoms with Crippen molar-refractivity contribution in [1.29, 1.82) is 0 Å². The van der Waals surface area contributed by atoms with Gasteiger partial charge in [0.05, 0.1) is 18.6 Å². The van der Waals surface area contributed by atoms with Gasteiger partial charge >= 0.3 is 5.69 Å². The third-order valence-corrected chi connectivity index (χ3v) is 3.92. The predicted octanol–water partition coefficient (Wildman–Crippen LogP) is 2.98. The molecule has 0 aliphatic carbocycles. The average Bonchev–Trinajstić information content (AvgIpc) is 2.62. The third-order valence-electron chi connectivity index (χ3n) is 3.92. The van der Waals surface area contributed by atoms with Gasteiger partial charge in [-0.25, -0.2) is 0 Å². The van der Waals surface area contributed by atoms with Crippen LogP contribution in [0.15, 0.2) is 42.5 Å². The molecule has 1 heterocycles. The Balaban J connectivity index is 1.92. The van der Waals surface area contributed by atoms with E-state index in [1.807, 2.05) is 18.2 Å². The summed E-state index contributed by atoms with van der Waals surface area (Å²) in [6.07, 6.45) is 2.68. The fourth-order valence-corrected chi connectivity index (χ4v) is 2.65. The van der Waals surface area contributed by atoms with E-state index < -0.39 is 4.92 Å². The van der Waals surface area contributed by atoms with Gasteiger partial charge < -0.3 is 15.2 Å². The maximum Gasteiger partial charge on any atom is 0.331 e. The SMILES string of the molecule is COc1nc(OCCC(CCN)Cc2ccccc2)ccc1[N+](=O)[O-]. The van der Waals surface area contributed by atoms with Crippen LogP contribution in [0.25, 0.3) is 0 Å². The number of nitrogens with two attached hydrogens (primary N) is 1. The van der Waals surface area contributed by atoms with E-state index in [4.69, 9.17) is 15.2 Å². The Labute approximate surface area is 146 Å². The van der Waals surface area contributed by atoms with Crippen LogP contribution >= 0.6 is 0 Å². The van der Waals surface area contributed by atoms with Crippen molar-refractivity contribution in [3.8, 4) is 11.8 Å². The highest BCUT2D eigenvalue weighted by atomic mass is 16.6. The third kappa shape index (κ3) is 5.72. The molecule has 0 aliphatic rings.